The molecule has 30 heavy (non-hydrogen) atoms. The van der Waals surface area contributed by atoms with Gasteiger partial charge in [-0.3, -0.25) is 10.1 Å². The quantitative estimate of drug-likeness (QED) is 0.596. The number of thiazole rings is 1. The second kappa shape index (κ2) is 8.87. The highest BCUT2D eigenvalue weighted by Crippen LogP contribution is 2.35. The highest BCUT2D eigenvalue weighted by molar-refractivity contribution is 7.14. The second-order valence-electron chi connectivity index (χ2n) is 6.30. The van der Waals surface area contributed by atoms with Crippen LogP contribution in [0.2, 0.25) is 0 Å². The van der Waals surface area contributed by atoms with E-state index in [1.165, 1.54) is 17.4 Å². The Morgan fingerprint density at radius 2 is 1.97 bits per heavy atom. The lowest BCUT2D eigenvalue weighted by Crippen LogP contribution is -2.15. The maximum absolute atomic E-state index is 12.3. The van der Waals surface area contributed by atoms with Crippen LogP contribution in [-0.4, -0.2) is 38.3 Å². The average molecular weight is 424 g/mol. The van der Waals surface area contributed by atoms with Gasteiger partial charge >= 0.3 is 0 Å². The molecule has 0 spiro atoms. The highest BCUT2D eigenvalue weighted by Gasteiger charge is 2.14. The third-order valence-electron chi connectivity index (χ3n) is 4.42. The number of hydrogen-bond donors (Lipinski definition) is 1. The Labute approximate surface area is 177 Å². The van der Waals surface area contributed by atoms with Gasteiger partial charge in [0.25, 0.3) is 0 Å². The SMILES string of the molecule is COc1cccc(C=CC(=O)Nc2nc(-c3ccc4c(c3)OCCO4)cs2)c1OC. The molecule has 1 amide bonds. The molecule has 7 nitrogen and oxygen atoms in total. The zero-order valence-electron chi connectivity index (χ0n) is 16.5. The first-order valence-corrected chi connectivity index (χ1v) is 10.1. The maximum Gasteiger partial charge on any atom is 0.250 e. The van der Waals surface area contributed by atoms with E-state index in [-0.39, 0.29) is 5.91 Å². The molecule has 0 aliphatic carbocycles. The second-order valence-corrected chi connectivity index (χ2v) is 7.16. The monoisotopic (exact) mass is 424 g/mol. The number of anilines is 1. The smallest absolute Gasteiger partial charge is 0.250 e. The number of nitrogens with zero attached hydrogens (tertiary/aromatic N) is 1. The van der Waals surface area contributed by atoms with E-state index in [2.05, 4.69) is 10.3 Å². The molecule has 0 bridgehead atoms. The molecule has 0 unspecified atom stereocenters. The Morgan fingerprint density at radius 3 is 2.77 bits per heavy atom. The summed E-state index contributed by atoms with van der Waals surface area (Å²) in [7, 11) is 3.13. The normalized spacial score (nSPS) is 12.6. The minimum Gasteiger partial charge on any atom is -0.493 e. The topological polar surface area (TPSA) is 78.9 Å². The molecule has 8 heteroatoms. The molecule has 0 saturated carbocycles. The van der Waals surface area contributed by atoms with Crippen molar-refractivity contribution in [2.45, 2.75) is 0 Å². The lowest BCUT2D eigenvalue weighted by molar-refractivity contribution is -0.111. The molecule has 3 aromatic rings. The van der Waals surface area contributed by atoms with Crippen LogP contribution in [0.25, 0.3) is 17.3 Å². The Kier molecular flexibility index (Phi) is 5.85. The van der Waals surface area contributed by atoms with Gasteiger partial charge in [-0.15, -0.1) is 11.3 Å². The summed E-state index contributed by atoms with van der Waals surface area (Å²) < 4.78 is 21.8. The Morgan fingerprint density at radius 1 is 1.13 bits per heavy atom. The number of aromatic nitrogens is 1. The van der Waals surface area contributed by atoms with E-state index >= 15 is 0 Å². The molecule has 0 atom stereocenters. The van der Waals surface area contributed by atoms with E-state index in [1.54, 1.807) is 26.4 Å². The number of methoxy groups -OCH3 is 2. The minimum atomic E-state index is -0.289. The molecule has 2 aromatic carbocycles. The molecule has 1 N–H and O–H groups in total. The summed E-state index contributed by atoms with van der Waals surface area (Å²) in [5.74, 6) is 2.31. The molecule has 1 aliphatic heterocycles. The highest BCUT2D eigenvalue weighted by atomic mass is 32.1. The molecule has 4 rings (SSSR count). The van der Waals surface area contributed by atoms with Gasteiger partial charge in [-0.25, -0.2) is 4.98 Å². The first kappa shape index (κ1) is 19.8. The summed E-state index contributed by atoms with van der Waals surface area (Å²) in [5, 5.41) is 5.18. The predicted molar refractivity (Wildman–Crippen MR) is 116 cm³/mol. The van der Waals surface area contributed by atoms with Gasteiger partial charge in [0, 0.05) is 22.6 Å². The number of amides is 1. The molecule has 1 aromatic heterocycles. The number of ether oxygens (including phenoxy) is 4. The van der Waals surface area contributed by atoms with Gasteiger partial charge in [0.05, 0.1) is 19.9 Å². The van der Waals surface area contributed by atoms with E-state index in [0.29, 0.717) is 35.6 Å². The Balaban J connectivity index is 1.45. The number of carbonyl (C=O) groups excluding carboxylic acids is 1. The third kappa shape index (κ3) is 4.23. The van der Waals surface area contributed by atoms with Crippen molar-refractivity contribution >= 4 is 28.5 Å². The molecule has 154 valence electrons. The van der Waals surface area contributed by atoms with Crippen molar-refractivity contribution in [3.63, 3.8) is 0 Å². The number of rotatable bonds is 6. The van der Waals surface area contributed by atoms with Crippen molar-refractivity contribution in [3.8, 4) is 34.3 Å². The Hall–Kier alpha value is -3.52. The molecule has 2 heterocycles. The van der Waals surface area contributed by atoms with Crippen molar-refractivity contribution < 1.29 is 23.7 Å². The summed E-state index contributed by atoms with van der Waals surface area (Å²) >= 11 is 1.35. The largest absolute Gasteiger partial charge is 0.493 e. The van der Waals surface area contributed by atoms with Crippen molar-refractivity contribution in [1.82, 2.24) is 4.98 Å². The van der Waals surface area contributed by atoms with E-state index in [4.69, 9.17) is 18.9 Å². The van der Waals surface area contributed by atoms with Crippen LogP contribution in [0.15, 0.2) is 47.9 Å². The van der Waals surface area contributed by atoms with E-state index in [1.807, 2.05) is 35.7 Å². The van der Waals surface area contributed by atoms with Crippen LogP contribution >= 0.6 is 11.3 Å². The standard InChI is InChI=1S/C22H20N2O5S/c1-26-18-5-3-4-14(21(18)27-2)7-9-20(25)24-22-23-16(13-30-22)15-6-8-17-19(12-15)29-11-10-28-17/h3-9,12-13H,10-11H2,1-2H3,(H,23,24,25). The fourth-order valence-corrected chi connectivity index (χ4v) is 3.74. The first-order chi connectivity index (χ1) is 14.7. The lowest BCUT2D eigenvalue weighted by Gasteiger charge is -2.18. The number of carbonyl (C=O) groups is 1. The van der Waals surface area contributed by atoms with Crippen LogP contribution in [0.3, 0.4) is 0 Å². The van der Waals surface area contributed by atoms with Gasteiger partial charge in [-0.05, 0) is 30.3 Å². The van der Waals surface area contributed by atoms with Crippen molar-refractivity contribution in [2.24, 2.45) is 0 Å². The molecule has 0 fully saturated rings. The van der Waals surface area contributed by atoms with Gasteiger partial charge in [0.2, 0.25) is 5.91 Å². The zero-order valence-corrected chi connectivity index (χ0v) is 17.3. The van der Waals surface area contributed by atoms with Gasteiger partial charge in [-0.2, -0.15) is 0 Å². The van der Waals surface area contributed by atoms with Gasteiger partial charge in [0.15, 0.2) is 28.1 Å². The van der Waals surface area contributed by atoms with Crippen LogP contribution < -0.4 is 24.3 Å². The molecular formula is C22H20N2O5S. The number of benzene rings is 2. The summed E-state index contributed by atoms with van der Waals surface area (Å²) in [5.41, 5.74) is 2.39. The van der Waals surface area contributed by atoms with Crippen molar-refractivity contribution in [3.05, 3.63) is 53.4 Å². The zero-order chi connectivity index (χ0) is 20.9. The van der Waals surface area contributed by atoms with Crippen LogP contribution in [0.1, 0.15) is 5.56 Å². The Bertz CT molecular complexity index is 1090. The van der Waals surface area contributed by atoms with E-state index in [0.717, 1.165) is 22.6 Å². The van der Waals surface area contributed by atoms with E-state index in [9.17, 15) is 4.79 Å². The van der Waals surface area contributed by atoms with Crippen LogP contribution in [0, 0.1) is 0 Å². The summed E-state index contributed by atoms with van der Waals surface area (Å²) in [4.78, 5) is 16.8. The van der Waals surface area contributed by atoms with Crippen molar-refractivity contribution in [2.75, 3.05) is 32.8 Å². The lowest BCUT2D eigenvalue weighted by atomic mass is 10.1. The van der Waals surface area contributed by atoms with Crippen LogP contribution in [-0.2, 0) is 4.79 Å². The maximum atomic E-state index is 12.3. The number of fused-ring (bicyclic) bond motifs is 1. The van der Waals surface area contributed by atoms with Gasteiger partial charge in [0.1, 0.15) is 13.2 Å². The minimum absolute atomic E-state index is 0.289. The fraction of sp³-hybridized carbons (Fsp3) is 0.182. The van der Waals surface area contributed by atoms with Gasteiger partial charge in [-0.1, -0.05) is 12.1 Å². The number of nitrogens with one attached hydrogen (secondary N) is 1. The molecular weight excluding hydrogens is 404 g/mol. The molecule has 1 aliphatic rings. The third-order valence-corrected chi connectivity index (χ3v) is 5.18. The summed E-state index contributed by atoms with van der Waals surface area (Å²) in [6, 6.07) is 11.2. The average Bonchev–Trinajstić information content (AvgIpc) is 3.25. The first-order valence-electron chi connectivity index (χ1n) is 9.23. The van der Waals surface area contributed by atoms with Gasteiger partial charge < -0.3 is 18.9 Å². The van der Waals surface area contributed by atoms with Crippen LogP contribution in [0.4, 0.5) is 5.13 Å². The summed E-state index contributed by atoms with van der Waals surface area (Å²) in [6.07, 6.45) is 3.11. The number of para-hydroxylation sites is 1. The van der Waals surface area contributed by atoms with Crippen LogP contribution in [0.5, 0.6) is 23.0 Å². The molecule has 0 radical (unpaired) electrons. The number of hydrogen-bond acceptors (Lipinski definition) is 7. The summed E-state index contributed by atoms with van der Waals surface area (Å²) in [6.45, 7) is 1.08. The van der Waals surface area contributed by atoms with E-state index < -0.39 is 0 Å². The van der Waals surface area contributed by atoms with Crippen molar-refractivity contribution in [1.29, 1.82) is 0 Å². The predicted octanol–water partition coefficient (Wildman–Crippen LogP) is 4.25. The molecule has 0 saturated heterocycles. The fourth-order valence-electron chi connectivity index (χ4n) is 3.02.